The number of carbonyl (C=O) groups is 4. The van der Waals surface area contributed by atoms with Gasteiger partial charge in [-0.15, -0.1) is 0 Å². The monoisotopic (exact) mass is 1400 g/mol. The minimum absolute atomic E-state index is 0.0862. The van der Waals surface area contributed by atoms with Gasteiger partial charge in [0.2, 0.25) is 0 Å². The van der Waals surface area contributed by atoms with Gasteiger partial charge in [-0.2, -0.15) is 0 Å². The lowest BCUT2D eigenvalue weighted by molar-refractivity contribution is -0.161. The number of phosphoric ester groups is 2. The molecule has 0 heterocycles. The van der Waals surface area contributed by atoms with Gasteiger partial charge < -0.3 is 33.8 Å². The molecule has 0 aliphatic rings. The standard InChI is InChI=1S/C77H142O17P2/c1-5-9-13-17-21-25-29-33-35-39-42-46-50-54-58-62-75(80)88-68-73(94-77(82)64-60-56-52-48-44-40-36-34-30-26-22-18-14-10-6-2)70-92-96(85,86)90-66-71(78)65-89-95(83,84)91-69-72(93-76(81)63-59-55-51-47-43-38-32-28-24-20-16-12-8-4)67-87-74(79)61-57-53-49-45-41-37-31-27-23-19-15-11-7-3/h15,19,27-28,31-33,35,71-73,78H,5-14,16-18,20-26,29-30,34,36-70H2,1-4H3,(H,83,84)(H,85,86)/b19-15-,31-27-,32-28-,35-33-. The highest BCUT2D eigenvalue weighted by atomic mass is 31.2. The molecular weight excluding hydrogens is 1260 g/mol. The SMILES string of the molecule is CCC/C=C\C/C=C\CCCCCCCC(=O)OCC(COP(=O)(O)OCC(O)COP(=O)(O)OCC(COC(=O)CCCCCCC/C=C\CCCCCCCC)OC(=O)CCCCCCCCCCCCCCCCC)OC(=O)CCCCCCC/C=C\CCCCCC. The van der Waals surface area contributed by atoms with Gasteiger partial charge in [-0.25, -0.2) is 9.13 Å². The van der Waals surface area contributed by atoms with E-state index in [1.165, 1.54) is 128 Å². The van der Waals surface area contributed by atoms with E-state index >= 15 is 0 Å². The van der Waals surface area contributed by atoms with Gasteiger partial charge >= 0.3 is 39.5 Å². The average Bonchev–Trinajstić information content (AvgIpc) is 1.17. The maximum atomic E-state index is 13.1. The van der Waals surface area contributed by atoms with E-state index in [0.29, 0.717) is 25.7 Å². The zero-order chi connectivity index (χ0) is 70.4. The predicted octanol–water partition coefficient (Wildman–Crippen LogP) is 22.1. The highest BCUT2D eigenvalue weighted by molar-refractivity contribution is 7.47. The van der Waals surface area contributed by atoms with Gasteiger partial charge in [-0.05, 0) is 103 Å². The summed E-state index contributed by atoms with van der Waals surface area (Å²) in [5, 5.41) is 10.6. The minimum Gasteiger partial charge on any atom is -0.462 e. The topological polar surface area (TPSA) is 237 Å². The number of allylic oxidation sites excluding steroid dienone is 8. The number of rotatable bonds is 74. The summed E-state index contributed by atoms with van der Waals surface area (Å²) >= 11 is 0. The largest absolute Gasteiger partial charge is 0.472 e. The second-order valence-corrected chi connectivity index (χ2v) is 29.2. The smallest absolute Gasteiger partial charge is 0.462 e. The third-order valence-electron chi connectivity index (χ3n) is 16.7. The van der Waals surface area contributed by atoms with Crippen LogP contribution in [0.3, 0.4) is 0 Å². The van der Waals surface area contributed by atoms with Gasteiger partial charge in [0.15, 0.2) is 12.2 Å². The van der Waals surface area contributed by atoms with Gasteiger partial charge in [-0.1, -0.05) is 282 Å². The van der Waals surface area contributed by atoms with E-state index in [1.54, 1.807) is 0 Å². The van der Waals surface area contributed by atoms with Crippen LogP contribution >= 0.6 is 15.6 Å². The summed E-state index contributed by atoms with van der Waals surface area (Å²) in [4.78, 5) is 72.8. The fourth-order valence-corrected chi connectivity index (χ4v) is 12.4. The lowest BCUT2D eigenvalue weighted by Gasteiger charge is -2.21. The second kappa shape index (κ2) is 70.5. The molecule has 17 nitrogen and oxygen atoms in total. The number of hydrogen-bond acceptors (Lipinski definition) is 15. The zero-order valence-corrected chi connectivity index (χ0v) is 63.1. The Morgan fingerprint density at radius 1 is 0.292 bits per heavy atom. The summed E-state index contributed by atoms with van der Waals surface area (Å²) in [6, 6.07) is 0. The molecule has 0 aromatic carbocycles. The van der Waals surface area contributed by atoms with Crippen molar-refractivity contribution in [3.05, 3.63) is 48.6 Å². The second-order valence-electron chi connectivity index (χ2n) is 26.3. The van der Waals surface area contributed by atoms with E-state index in [4.69, 9.17) is 37.0 Å². The molecule has 0 saturated carbocycles. The first kappa shape index (κ1) is 93.0. The van der Waals surface area contributed by atoms with Gasteiger partial charge in [0.05, 0.1) is 26.4 Å². The van der Waals surface area contributed by atoms with E-state index < -0.39 is 97.5 Å². The Kier molecular flexibility index (Phi) is 68.3. The third-order valence-corrected chi connectivity index (χ3v) is 18.6. The Balaban J connectivity index is 5.32. The van der Waals surface area contributed by atoms with E-state index in [-0.39, 0.29) is 25.7 Å². The normalized spacial score (nSPS) is 14.2. The minimum atomic E-state index is -4.97. The van der Waals surface area contributed by atoms with E-state index in [0.717, 1.165) is 154 Å². The van der Waals surface area contributed by atoms with E-state index in [2.05, 4.69) is 76.3 Å². The van der Waals surface area contributed by atoms with Gasteiger partial charge in [0, 0.05) is 25.7 Å². The maximum absolute atomic E-state index is 13.1. The van der Waals surface area contributed by atoms with E-state index in [9.17, 15) is 43.2 Å². The number of hydrogen-bond donors (Lipinski definition) is 3. The van der Waals surface area contributed by atoms with Crippen LogP contribution in [0.2, 0.25) is 0 Å². The van der Waals surface area contributed by atoms with Crippen LogP contribution in [-0.2, 0) is 65.4 Å². The summed E-state index contributed by atoms with van der Waals surface area (Å²) in [5.74, 6) is -2.17. The van der Waals surface area contributed by atoms with E-state index in [1.807, 2.05) is 0 Å². The number of unbranched alkanes of at least 4 members (excludes halogenated alkanes) is 40. The number of aliphatic hydroxyl groups is 1. The molecule has 0 saturated heterocycles. The van der Waals surface area contributed by atoms with Crippen LogP contribution in [0.4, 0.5) is 0 Å². The van der Waals surface area contributed by atoms with Crippen molar-refractivity contribution in [2.75, 3.05) is 39.6 Å². The lowest BCUT2D eigenvalue weighted by Crippen LogP contribution is -2.30. The summed E-state index contributed by atoms with van der Waals surface area (Å²) in [7, 11) is -9.94. The third kappa shape index (κ3) is 69.5. The van der Waals surface area contributed by atoms with Gasteiger partial charge in [-0.3, -0.25) is 37.3 Å². The Labute approximate surface area is 585 Å². The van der Waals surface area contributed by atoms with Crippen LogP contribution in [0, 0.1) is 0 Å². The molecule has 0 radical (unpaired) electrons. The molecule has 5 atom stereocenters. The predicted molar refractivity (Wildman–Crippen MR) is 390 cm³/mol. The molecule has 0 aliphatic heterocycles. The van der Waals surface area contributed by atoms with Crippen molar-refractivity contribution in [2.45, 2.75) is 380 Å². The molecule has 0 rings (SSSR count). The number of carbonyl (C=O) groups excluding carboxylic acids is 4. The quantitative estimate of drug-likeness (QED) is 0.0169. The van der Waals surface area contributed by atoms with Crippen LogP contribution in [0.25, 0.3) is 0 Å². The number of aliphatic hydroxyl groups excluding tert-OH is 1. The summed E-state index contributed by atoms with van der Waals surface area (Å²) < 4.78 is 68.5. The molecule has 562 valence electrons. The van der Waals surface area contributed by atoms with Crippen molar-refractivity contribution in [1.29, 1.82) is 0 Å². The number of phosphoric acid groups is 2. The molecule has 0 fully saturated rings. The van der Waals surface area contributed by atoms with Crippen LogP contribution < -0.4 is 0 Å². The Morgan fingerprint density at radius 2 is 0.531 bits per heavy atom. The van der Waals surface area contributed by atoms with Crippen molar-refractivity contribution >= 4 is 39.5 Å². The fourth-order valence-electron chi connectivity index (χ4n) is 10.8. The first-order valence-electron chi connectivity index (χ1n) is 38.9. The summed E-state index contributed by atoms with van der Waals surface area (Å²) in [5.41, 5.74) is 0. The molecule has 0 aromatic rings. The molecule has 0 amide bonds. The van der Waals surface area contributed by atoms with Crippen LogP contribution in [-0.4, -0.2) is 96.7 Å². The van der Waals surface area contributed by atoms with Crippen molar-refractivity contribution in [2.24, 2.45) is 0 Å². The highest BCUT2D eigenvalue weighted by Gasteiger charge is 2.30. The number of esters is 4. The van der Waals surface area contributed by atoms with Gasteiger partial charge in [0.25, 0.3) is 0 Å². The van der Waals surface area contributed by atoms with Crippen LogP contribution in [0.1, 0.15) is 362 Å². The van der Waals surface area contributed by atoms with Crippen molar-refractivity contribution < 1.29 is 80.2 Å². The fraction of sp³-hybridized carbons (Fsp3) is 0.844. The van der Waals surface area contributed by atoms with Crippen molar-refractivity contribution in [3.63, 3.8) is 0 Å². The Bertz CT molecular complexity index is 2010. The van der Waals surface area contributed by atoms with Crippen molar-refractivity contribution in [3.8, 4) is 0 Å². The zero-order valence-electron chi connectivity index (χ0n) is 61.3. The van der Waals surface area contributed by atoms with Gasteiger partial charge in [0.1, 0.15) is 19.3 Å². The Hall–Kier alpha value is -2.98. The average molecular weight is 1400 g/mol. The maximum Gasteiger partial charge on any atom is 0.472 e. The first-order chi connectivity index (χ1) is 46.7. The molecule has 0 aromatic heterocycles. The Morgan fingerprint density at radius 3 is 0.833 bits per heavy atom. The molecule has 19 heteroatoms. The lowest BCUT2D eigenvalue weighted by atomic mass is 10.0. The highest BCUT2D eigenvalue weighted by Crippen LogP contribution is 2.45. The molecule has 5 unspecified atom stereocenters. The van der Waals surface area contributed by atoms with Crippen molar-refractivity contribution in [1.82, 2.24) is 0 Å². The molecule has 96 heavy (non-hydrogen) atoms. The first-order valence-corrected chi connectivity index (χ1v) is 41.9. The number of ether oxygens (including phenoxy) is 4. The van der Waals surface area contributed by atoms with Crippen LogP contribution in [0.5, 0.6) is 0 Å². The molecule has 0 bridgehead atoms. The summed E-state index contributed by atoms with van der Waals surface area (Å²) in [6.45, 7) is 4.82. The summed E-state index contributed by atoms with van der Waals surface area (Å²) in [6.07, 6.45) is 66.6. The molecule has 3 N–H and O–H groups in total. The molecule has 0 aliphatic carbocycles. The van der Waals surface area contributed by atoms with Crippen LogP contribution in [0.15, 0.2) is 48.6 Å². The molecule has 0 spiro atoms. The molecular formula is C77H142O17P2.